The summed E-state index contributed by atoms with van der Waals surface area (Å²) in [5, 5.41) is 11.8. The highest BCUT2D eigenvalue weighted by atomic mass is 16.5. The van der Waals surface area contributed by atoms with Crippen molar-refractivity contribution in [3.8, 4) is 11.8 Å². The average molecular weight is 387 g/mol. The smallest absolute Gasteiger partial charge is 0.311 e. The van der Waals surface area contributed by atoms with Crippen LogP contribution in [0, 0.1) is 23.2 Å². The molecule has 0 radical (unpaired) electrons. The van der Waals surface area contributed by atoms with Crippen LogP contribution in [-0.2, 0) is 19.1 Å². The van der Waals surface area contributed by atoms with Crippen molar-refractivity contribution < 1.29 is 23.9 Å². The van der Waals surface area contributed by atoms with E-state index in [0.717, 1.165) is 0 Å². The van der Waals surface area contributed by atoms with Crippen molar-refractivity contribution in [2.75, 3.05) is 25.2 Å². The number of nitrogens with one attached hydrogen (secondary N) is 1. The number of carbonyl (C=O) groups is 3. The van der Waals surface area contributed by atoms with Gasteiger partial charge in [-0.3, -0.25) is 14.4 Å². The van der Waals surface area contributed by atoms with Gasteiger partial charge in [0.05, 0.1) is 24.8 Å². The third-order valence-electron chi connectivity index (χ3n) is 4.97. The zero-order chi connectivity index (χ0) is 20.9. The Kier molecular flexibility index (Phi) is 6.62. The number of anilines is 1. The number of nitrogens with zero attached hydrogens (tertiary/aromatic N) is 2. The molecule has 0 aromatic heterocycles. The third kappa shape index (κ3) is 4.60. The molecule has 1 aliphatic rings. The fourth-order valence-electron chi connectivity index (χ4n) is 2.83. The number of ether oxygens (including phenoxy) is 2. The molecule has 0 unspecified atom stereocenters. The molecule has 2 amide bonds. The van der Waals surface area contributed by atoms with Gasteiger partial charge in [-0.15, -0.1) is 0 Å². The van der Waals surface area contributed by atoms with Crippen molar-refractivity contribution in [3.05, 3.63) is 24.3 Å². The summed E-state index contributed by atoms with van der Waals surface area (Å²) in [5.74, 6) is -1.64. The molecule has 2 atom stereocenters. The van der Waals surface area contributed by atoms with Crippen LogP contribution in [-0.4, -0.2) is 43.6 Å². The lowest BCUT2D eigenvalue weighted by Gasteiger charge is -2.27. The van der Waals surface area contributed by atoms with Gasteiger partial charge in [0.1, 0.15) is 11.3 Å². The average Bonchev–Trinajstić information content (AvgIpc) is 3.07. The molecule has 1 aromatic carbocycles. The Morgan fingerprint density at radius 1 is 1.39 bits per heavy atom. The number of nitriles is 1. The standard InChI is InChI=1S/C20H25N3O5/c1-13(2)20(3,12-21)22-17(24)11-28-19(26)14-9-18(25)23(10-14)15-7-5-6-8-16(15)27-4/h5-8,13-14H,9-11H2,1-4H3,(H,22,24)/t14-,20+/m1/s1. The minimum atomic E-state index is -1.05. The Morgan fingerprint density at radius 3 is 2.68 bits per heavy atom. The molecule has 8 nitrogen and oxygen atoms in total. The highest BCUT2D eigenvalue weighted by Gasteiger charge is 2.37. The summed E-state index contributed by atoms with van der Waals surface area (Å²) in [4.78, 5) is 38.2. The van der Waals surface area contributed by atoms with Gasteiger partial charge in [-0.2, -0.15) is 5.26 Å². The van der Waals surface area contributed by atoms with Gasteiger partial charge in [-0.25, -0.2) is 0 Å². The first-order valence-corrected chi connectivity index (χ1v) is 9.04. The van der Waals surface area contributed by atoms with Crippen LogP contribution in [0.4, 0.5) is 5.69 Å². The Bertz CT molecular complexity index is 801. The first-order valence-electron chi connectivity index (χ1n) is 9.04. The molecule has 0 spiro atoms. The van der Waals surface area contributed by atoms with Crippen LogP contribution < -0.4 is 15.0 Å². The van der Waals surface area contributed by atoms with Crippen LogP contribution in [0.2, 0.25) is 0 Å². The highest BCUT2D eigenvalue weighted by molar-refractivity contribution is 6.00. The summed E-state index contributed by atoms with van der Waals surface area (Å²) in [6, 6.07) is 9.11. The number of benzene rings is 1. The second kappa shape index (κ2) is 8.74. The first kappa shape index (κ1) is 21.2. The Balaban J connectivity index is 1.95. The molecular formula is C20H25N3O5. The van der Waals surface area contributed by atoms with Crippen molar-refractivity contribution in [2.24, 2.45) is 11.8 Å². The van der Waals surface area contributed by atoms with E-state index in [-0.39, 0.29) is 24.8 Å². The molecule has 1 aliphatic heterocycles. The molecule has 28 heavy (non-hydrogen) atoms. The number of amides is 2. The quantitative estimate of drug-likeness (QED) is 0.713. The van der Waals surface area contributed by atoms with E-state index in [1.807, 2.05) is 13.8 Å². The van der Waals surface area contributed by atoms with E-state index in [4.69, 9.17) is 9.47 Å². The van der Waals surface area contributed by atoms with Gasteiger partial charge in [0.15, 0.2) is 6.61 Å². The summed E-state index contributed by atoms with van der Waals surface area (Å²) in [7, 11) is 1.51. The second-order valence-corrected chi connectivity index (χ2v) is 7.20. The lowest BCUT2D eigenvalue weighted by atomic mass is 9.90. The number of hydrogen-bond acceptors (Lipinski definition) is 6. The van der Waals surface area contributed by atoms with E-state index in [1.54, 1.807) is 31.2 Å². The molecule has 1 aromatic rings. The molecule has 0 bridgehead atoms. The summed E-state index contributed by atoms with van der Waals surface area (Å²) >= 11 is 0. The number of carbonyl (C=O) groups excluding carboxylic acids is 3. The number of rotatable bonds is 7. The summed E-state index contributed by atoms with van der Waals surface area (Å²) < 4.78 is 10.3. The summed E-state index contributed by atoms with van der Waals surface area (Å²) in [5.41, 5.74) is -0.460. The van der Waals surface area contributed by atoms with Crippen molar-refractivity contribution in [1.82, 2.24) is 5.32 Å². The Labute approximate surface area is 164 Å². The van der Waals surface area contributed by atoms with Crippen LogP contribution in [0.3, 0.4) is 0 Å². The van der Waals surface area contributed by atoms with Crippen LogP contribution in [0.15, 0.2) is 24.3 Å². The molecule has 1 N–H and O–H groups in total. The molecule has 0 aliphatic carbocycles. The fraction of sp³-hybridized carbons (Fsp3) is 0.500. The summed E-state index contributed by atoms with van der Waals surface area (Å²) in [6.45, 7) is 4.89. The van der Waals surface area contributed by atoms with Gasteiger partial charge in [0, 0.05) is 13.0 Å². The molecule has 150 valence electrons. The SMILES string of the molecule is COc1ccccc1N1C[C@H](C(=O)OCC(=O)N[C@@](C)(C#N)C(C)C)CC1=O. The van der Waals surface area contributed by atoms with E-state index in [0.29, 0.717) is 11.4 Å². The van der Waals surface area contributed by atoms with E-state index in [2.05, 4.69) is 11.4 Å². The largest absolute Gasteiger partial charge is 0.495 e. The van der Waals surface area contributed by atoms with Gasteiger partial charge in [0.2, 0.25) is 5.91 Å². The van der Waals surface area contributed by atoms with Gasteiger partial charge in [0.25, 0.3) is 5.91 Å². The van der Waals surface area contributed by atoms with Crippen LogP contribution in [0.25, 0.3) is 0 Å². The van der Waals surface area contributed by atoms with E-state index in [9.17, 15) is 19.6 Å². The lowest BCUT2D eigenvalue weighted by Crippen LogP contribution is -2.50. The maximum atomic E-state index is 12.3. The molecule has 8 heteroatoms. The zero-order valence-corrected chi connectivity index (χ0v) is 16.5. The predicted molar refractivity (Wildman–Crippen MR) is 101 cm³/mol. The molecular weight excluding hydrogens is 362 g/mol. The van der Waals surface area contributed by atoms with Crippen LogP contribution in [0.1, 0.15) is 27.2 Å². The van der Waals surface area contributed by atoms with Crippen molar-refractivity contribution in [2.45, 2.75) is 32.7 Å². The normalized spacial score (nSPS) is 18.4. The lowest BCUT2D eigenvalue weighted by molar-refractivity contribution is -0.152. The fourth-order valence-corrected chi connectivity index (χ4v) is 2.83. The maximum Gasteiger partial charge on any atom is 0.311 e. The van der Waals surface area contributed by atoms with E-state index >= 15 is 0 Å². The zero-order valence-electron chi connectivity index (χ0n) is 16.5. The highest BCUT2D eigenvalue weighted by Crippen LogP contribution is 2.33. The topological polar surface area (TPSA) is 109 Å². The molecule has 1 saturated heterocycles. The Hall–Kier alpha value is -3.08. The third-order valence-corrected chi connectivity index (χ3v) is 4.97. The van der Waals surface area contributed by atoms with Gasteiger partial charge >= 0.3 is 5.97 Å². The van der Waals surface area contributed by atoms with Crippen molar-refractivity contribution in [3.63, 3.8) is 0 Å². The van der Waals surface area contributed by atoms with Gasteiger partial charge in [-0.05, 0) is 25.0 Å². The minimum absolute atomic E-state index is 0.000403. The number of hydrogen-bond donors (Lipinski definition) is 1. The first-order chi connectivity index (χ1) is 13.2. The van der Waals surface area contributed by atoms with Crippen molar-refractivity contribution >= 4 is 23.5 Å². The van der Waals surface area contributed by atoms with Crippen molar-refractivity contribution in [1.29, 1.82) is 5.26 Å². The molecule has 1 fully saturated rings. The number of methoxy groups -OCH3 is 1. The minimum Gasteiger partial charge on any atom is -0.495 e. The second-order valence-electron chi connectivity index (χ2n) is 7.20. The van der Waals surface area contributed by atoms with Gasteiger partial charge < -0.3 is 19.7 Å². The maximum absolute atomic E-state index is 12.3. The number of esters is 1. The van der Waals surface area contributed by atoms with Crippen LogP contribution >= 0.6 is 0 Å². The van der Waals surface area contributed by atoms with E-state index in [1.165, 1.54) is 12.0 Å². The molecule has 1 heterocycles. The molecule has 2 rings (SSSR count). The Morgan fingerprint density at radius 2 is 2.07 bits per heavy atom. The van der Waals surface area contributed by atoms with Gasteiger partial charge in [-0.1, -0.05) is 26.0 Å². The number of para-hydroxylation sites is 2. The van der Waals surface area contributed by atoms with Crippen LogP contribution in [0.5, 0.6) is 5.75 Å². The predicted octanol–water partition coefficient (Wildman–Crippen LogP) is 1.65. The monoisotopic (exact) mass is 387 g/mol. The molecule has 0 saturated carbocycles. The summed E-state index contributed by atoms with van der Waals surface area (Å²) in [6.07, 6.45) is 0.000403. The van der Waals surface area contributed by atoms with E-state index < -0.39 is 29.9 Å².